The normalized spacial score (nSPS) is 22.0. The summed E-state index contributed by atoms with van der Waals surface area (Å²) in [6.45, 7) is 1.65. The van der Waals surface area contributed by atoms with Crippen LogP contribution in [-0.2, 0) is 15.6 Å². The molecule has 1 aromatic heterocycles. The molecule has 1 atom stereocenters. The van der Waals surface area contributed by atoms with Crippen molar-refractivity contribution in [2.75, 3.05) is 12.8 Å². The molecule has 0 saturated carbocycles. The Kier molecular flexibility index (Phi) is 4.46. The number of nitrogens with zero attached hydrogens (tertiary/aromatic N) is 2. The number of thiophene rings is 1. The minimum Gasteiger partial charge on any atom is -0.345 e. The topological polar surface area (TPSA) is 97.1 Å². The largest absolute Gasteiger partial charge is 0.345 e. The molecule has 0 spiro atoms. The van der Waals surface area contributed by atoms with Crippen molar-refractivity contribution in [2.24, 2.45) is 0 Å². The van der Waals surface area contributed by atoms with Gasteiger partial charge in [-0.3, -0.25) is 5.41 Å². The number of nitriles is 1. The number of hydrogen-bond acceptors (Lipinski definition) is 5. The molecule has 1 aliphatic rings. The summed E-state index contributed by atoms with van der Waals surface area (Å²) in [6.07, 6.45) is 0. The quantitative estimate of drug-likeness (QED) is 0.791. The van der Waals surface area contributed by atoms with Crippen molar-refractivity contribution in [3.63, 3.8) is 0 Å². The zero-order valence-electron chi connectivity index (χ0n) is 13.8. The zero-order chi connectivity index (χ0) is 19.3. The van der Waals surface area contributed by atoms with Crippen molar-refractivity contribution >= 4 is 38.9 Å². The van der Waals surface area contributed by atoms with E-state index in [0.29, 0.717) is 20.3 Å². The third-order valence-electron chi connectivity index (χ3n) is 4.19. The molecule has 10 heteroatoms. The van der Waals surface area contributed by atoms with Crippen LogP contribution in [0.4, 0.5) is 4.39 Å². The predicted molar refractivity (Wildman–Crippen MR) is 99.2 cm³/mol. The highest BCUT2D eigenvalue weighted by Gasteiger charge is 2.43. The first-order valence-electron chi connectivity index (χ1n) is 7.40. The molecular weight excluding hydrogens is 399 g/mol. The monoisotopic (exact) mass is 412 g/mol. The Morgan fingerprint density at radius 3 is 2.73 bits per heavy atom. The van der Waals surface area contributed by atoms with Gasteiger partial charge in [0.1, 0.15) is 5.82 Å². The van der Waals surface area contributed by atoms with Gasteiger partial charge in [0.2, 0.25) is 16.0 Å². The number of nitrogens with one attached hydrogen (secondary N) is 2. The fourth-order valence-corrected chi connectivity index (χ4v) is 5.79. The van der Waals surface area contributed by atoms with Gasteiger partial charge in [0.15, 0.2) is 0 Å². The van der Waals surface area contributed by atoms with Gasteiger partial charge in [-0.15, -0.1) is 11.3 Å². The van der Waals surface area contributed by atoms with E-state index in [0.717, 1.165) is 21.7 Å². The highest BCUT2D eigenvalue weighted by molar-refractivity contribution is 7.89. The first kappa shape index (κ1) is 18.6. The summed E-state index contributed by atoms with van der Waals surface area (Å²) in [5.41, 5.74) is 0.0659. The van der Waals surface area contributed by atoms with Crippen LogP contribution in [0.1, 0.15) is 18.1 Å². The molecule has 136 valence electrons. The number of benzene rings is 1. The molecule has 6 nitrogen and oxygen atoms in total. The van der Waals surface area contributed by atoms with Crippen molar-refractivity contribution in [2.45, 2.75) is 12.5 Å². The average molecular weight is 413 g/mol. The fraction of sp³-hybridized carbons (Fsp3) is 0.250. The molecule has 0 radical (unpaired) electrons. The second-order valence-electron chi connectivity index (χ2n) is 6.17. The number of sulfonamides is 1. The van der Waals surface area contributed by atoms with Crippen molar-refractivity contribution in [3.05, 3.63) is 45.5 Å². The van der Waals surface area contributed by atoms with Crippen LogP contribution in [0.3, 0.4) is 0 Å². The smallest absolute Gasteiger partial charge is 0.239 e. The van der Waals surface area contributed by atoms with Crippen LogP contribution < -0.4 is 5.32 Å². The summed E-state index contributed by atoms with van der Waals surface area (Å²) in [5.74, 6) is -1.07. The van der Waals surface area contributed by atoms with E-state index in [1.165, 1.54) is 19.2 Å². The minimum atomic E-state index is -3.67. The fourth-order valence-electron chi connectivity index (χ4n) is 2.81. The second-order valence-corrected chi connectivity index (χ2v) is 9.82. The van der Waals surface area contributed by atoms with E-state index in [-0.39, 0.29) is 17.3 Å². The number of rotatable bonds is 2. The maximum Gasteiger partial charge on any atom is 0.239 e. The second kappa shape index (κ2) is 6.23. The van der Waals surface area contributed by atoms with Crippen LogP contribution in [0, 0.1) is 22.6 Å². The lowest BCUT2D eigenvalue weighted by Crippen LogP contribution is -2.60. The molecule has 2 heterocycles. The number of hydrogen-bond donors (Lipinski definition) is 2. The molecule has 1 saturated heterocycles. The van der Waals surface area contributed by atoms with Crippen molar-refractivity contribution in [1.29, 1.82) is 10.7 Å². The SMILES string of the molecule is CN1C(=N)N[C@](C)(c2cc(-c3cc(F)cc(C#N)c3)sc2Cl)CS1(=O)=O. The molecule has 1 fully saturated rings. The molecule has 1 aromatic carbocycles. The summed E-state index contributed by atoms with van der Waals surface area (Å²) >= 11 is 7.51. The van der Waals surface area contributed by atoms with Crippen LogP contribution in [-0.4, -0.2) is 31.5 Å². The van der Waals surface area contributed by atoms with E-state index in [1.54, 1.807) is 13.0 Å². The van der Waals surface area contributed by atoms with Crippen LogP contribution in [0.2, 0.25) is 4.34 Å². The van der Waals surface area contributed by atoms with E-state index >= 15 is 0 Å². The van der Waals surface area contributed by atoms with Gasteiger partial charge in [-0.2, -0.15) is 5.26 Å². The lowest BCUT2D eigenvalue weighted by Gasteiger charge is -2.39. The molecular formula is C16H14ClFN4O2S2. The number of halogens is 2. The molecule has 1 aliphatic heterocycles. The Labute approximate surface area is 159 Å². The first-order chi connectivity index (χ1) is 12.1. The molecule has 0 bridgehead atoms. The average Bonchev–Trinajstić information content (AvgIpc) is 2.94. The maximum atomic E-state index is 13.7. The summed E-state index contributed by atoms with van der Waals surface area (Å²) < 4.78 is 39.6. The van der Waals surface area contributed by atoms with Gasteiger partial charge in [0, 0.05) is 17.5 Å². The minimum absolute atomic E-state index is 0.180. The van der Waals surface area contributed by atoms with E-state index < -0.39 is 21.4 Å². The Morgan fingerprint density at radius 1 is 1.42 bits per heavy atom. The van der Waals surface area contributed by atoms with E-state index in [9.17, 15) is 12.8 Å². The first-order valence-corrected chi connectivity index (χ1v) is 10.2. The van der Waals surface area contributed by atoms with Crippen LogP contribution >= 0.6 is 22.9 Å². The Balaban J connectivity index is 2.08. The van der Waals surface area contributed by atoms with Gasteiger partial charge in [-0.1, -0.05) is 11.6 Å². The van der Waals surface area contributed by atoms with Crippen molar-refractivity contribution in [3.8, 4) is 16.5 Å². The van der Waals surface area contributed by atoms with Crippen LogP contribution in [0.25, 0.3) is 10.4 Å². The highest BCUT2D eigenvalue weighted by atomic mass is 35.5. The highest BCUT2D eigenvalue weighted by Crippen LogP contribution is 2.42. The van der Waals surface area contributed by atoms with Gasteiger partial charge in [0.05, 0.1) is 27.3 Å². The van der Waals surface area contributed by atoms with Gasteiger partial charge in [-0.25, -0.2) is 17.1 Å². The van der Waals surface area contributed by atoms with Crippen molar-refractivity contribution < 1.29 is 12.8 Å². The Bertz CT molecular complexity index is 1060. The van der Waals surface area contributed by atoms with Crippen LogP contribution in [0.15, 0.2) is 24.3 Å². The van der Waals surface area contributed by atoms with Gasteiger partial charge in [0.25, 0.3) is 0 Å². The summed E-state index contributed by atoms with van der Waals surface area (Å²) in [7, 11) is -2.36. The summed E-state index contributed by atoms with van der Waals surface area (Å²) in [5, 5.41) is 19.8. The standard InChI is InChI=1S/C16H14ClFN4O2S2/c1-16(8-26(23,24)22(2)15(20)21-16)12-6-13(25-14(12)17)10-3-9(7-19)4-11(18)5-10/h3-6H,8H2,1-2H3,(H2,20,21)/t16-/m0/s1. The van der Waals surface area contributed by atoms with Crippen molar-refractivity contribution in [1.82, 2.24) is 9.62 Å². The van der Waals surface area contributed by atoms with E-state index in [2.05, 4.69) is 5.32 Å². The summed E-state index contributed by atoms with van der Waals surface area (Å²) in [4.78, 5) is 0.604. The Morgan fingerprint density at radius 2 is 2.12 bits per heavy atom. The molecule has 0 aliphatic carbocycles. The third-order valence-corrected chi connectivity index (χ3v) is 7.56. The number of guanidine groups is 1. The molecule has 26 heavy (non-hydrogen) atoms. The predicted octanol–water partition coefficient (Wildman–Crippen LogP) is 3.09. The van der Waals surface area contributed by atoms with Gasteiger partial charge >= 0.3 is 0 Å². The summed E-state index contributed by atoms with van der Waals surface area (Å²) in [6, 6.07) is 7.53. The van der Waals surface area contributed by atoms with Gasteiger partial charge < -0.3 is 5.32 Å². The van der Waals surface area contributed by atoms with Crippen LogP contribution in [0.5, 0.6) is 0 Å². The lowest BCUT2D eigenvalue weighted by atomic mass is 9.95. The third kappa shape index (κ3) is 3.16. The van der Waals surface area contributed by atoms with E-state index in [4.69, 9.17) is 22.3 Å². The lowest BCUT2D eigenvalue weighted by molar-refractivity contribution is 0.419. The molecule has 0 unspecified atom stereocenters. The molecule has 0 amide bonds. The van der Waals surface area contributed by atoms with E-state index in [1.807, 2.05) is 6.07 Å². The molecule has 2 N–H and O–H groups in total. The zero-order valence-corrected chi connectivity index (χ0v) is 16.2. The molecule has 3 rings (SSSR count). The van der Waals surface area contributed by atoms with Gasteiger partial charge in [-0.05, 0) is 36.8 Å². The molecule has 2 aromatic rings. The Hall–Kier alpha value is -2.15. The maximum absolute atomic E-state index is 13.7.